The highest BCUT2D eigenvalue weighted by atomic mass is 32.3. The molecule has 0 spiro atoms. The molecule has 10 heteroatoms. The number of piperazine rings is 1. The molecular weight excluding hydrogens is 477 g/mol. The third kappa shape index (κ3) is 7.02. The van der Waals surface area contributed by atoms with Crippen LogP contribution < -0.4 is 15.0 Å². The van der Waals surface area contributed by atoms with Crippen molar-refractivity contribution in [1.82, 2.24) is 9.88 Å². The number of hydrogen-bond donors (Lipinski definition) is 1. The Morgan fingerprint density at radius 1 is 1.06 bits per heavy atom. The van der Waals surface area contributed by atoms with Gasteiger partial charge in [-0.2, -0.15) is 0 Å². The van der Waals surface area contributed by atoms with Crippen LogP contribution in [0.2, 0.25) is 0 Å². The molecule has 1 aliphatic heterocycles. The number of rotatable bonds is 8. The molecule has 0 unspecified atom stereocenters. The Labute approximate surface area is 205 Å². The lowest BCUT2D eigenvalue weighted by Crippen LogP contribution is -2.44. The van der Waals surface area contributed by atoms with Crippen molar-refractivity contribution in [3.63, 3.8) is 0 Å². The van der Waals surface area contributed by atoms with Gasteiger partial charge in [0.05, 0.1) is 5.52 Å². The maximum Gasteiger partial charge on any atom is 0.244 e. The van der Waals surface area contributed by atoms with Gasteiger partial charge in [-0.1, -0.05) is 12.1 Å². The molecular formula is C25H29F3N4O2S. The van der Waals surface area contributed by atoms with Gasteiger partial charge in [0.1, 0.15) is 11.6 Å². The van der Waals surface area contributed by atoms with Crippen molar-refractivity contribution in [2.45, 2.75) is 19.8 Å². The van der Waals surface area contributed by atoms with E-state index in [0.717, 1.165) is 54.0 Å². The van der Waals surface area contributed by atoms with Crippen molar-refractivity contribution in [3.8, 4) is 5.75 Å². The second kappa shape index (κ2) is 10.7. The predicted octanol–water partition coefficient (Wildman–Crippen LogP) is 5.66. The van der Waals surface area contributed by atoms with E-state index in [4.69, 9.17) is 9.72 Å². The topological polar surface area (TPSA) is 57.7 Å². The molecule has 35 heavy (non-hydrogen) atoms. The summed E-state index contributed by atoms with van der Waals surface area (Å²) in [4.78, 5) is 21.9. The van der Waals surface area contributed by atoms with Crippen LogP contribution in [-0.4, -0.2) is 55.0 Å². The Hall–Kier alpha value is -2.98. The first-order chi connectivity index (χ1) is 16.7. The molecule has 1 N–H and O–H groups in total. The SMILES string of the molecule is Cc1cc(N2CCN(C)CC2)nc2ccc(NC(=O)CCc3ccc(OCS(F)(F)F)cc3)cc12. The van der Waals surface area contributed by atoms with Crippen LogP contribution in [0.25, 0.3) is 10.9 Å². The maximum atomic E-state index is 12.5. The van der Waals surface area contributed by atoms with Crippen molar-refractivity contribution in [3.05, 3.63) is 59.7 Å². The number of aromatic nitrogens is 1. The molecule has 0 aliphatic carbocycles. The summed E-state index contributed by atoms with van der Waals surface area (Å²) in [5.41, 5.74) is 3.56. The zero-order valence-corrected chi connectivity index (χ0v) is 20.6. The van der Waals surface area contributed by atoms with E-state index in [1.54, 1.807) is 12.1 Å². The lowest BCUT2D eigenvalue weighted by atomic mass is 10.1. The third-order valence-corrected chi connectivity index (χ3v) is 6.42. The minimum absolute atomic E-state index is 0.134. The second-order valence-corrected chi connectivity index (χ2v) is 10.0. The van der Waals surface area contributed by atoms with Gasteiger partial charge in [-0.25, -0.2) is 4.98 Å². The molecule has 4 rings (SSSR count). The van der Waals surface area contributed by atoms with Crippen molar-refractivity contribution >= 4 is 39.5 Å². The van der Waals surface area contributed by atoms with Gasteiger partial charge in [0.25, 0.3) is 0 Å². The third-order valence-electron chi connectivity index (χ3n) is 6.04. The monoisotopic (exact) mass is 506 g/mol. The number of carbonyl (C=O) groups is 1. The van der Waals surface area contributed by atoms with E-state index < -0.39 is 17.1 Å². The van der Waals surface area contributed by atoms with Crippen molar-refractivity contribution < 1.29 is 21.2 Å². The van der Waals surface area contributed by atoms with Gasteiger partial charge in [0.15, 0.2) is 5.94 Å². The normalized spacial score (nSPS) is 15.3. The highest BCUT2D eigenvalue weighted by Crippen LogP contribution is 2.52. The van der Waals surface area contributed by atoms with Crippen LogP contribution >= 0.6 is 11.2 Å². The molecule has 1 amide bonds. The van der Waals surface area contributed by atoms with Crippen LogP contribution in [-0.2, 0) is 11.2 Å². The molecule has 1 saturated heterocycles. The van der Waals surface area contributed by atoms with Crippen molar-refractivity contribution in [2.24, 2.45) is 0 Å². The number of nitrogens with zero attached hydrogens (tertiary/aromatic N) is 3. The van der Waals surface area contributed by atoms with Crippen LogP contribution in [0.3, 0.4) is 0 Å². The van der Waals surface area contributed by atoms with Crippen LogP contribution in [0.5, 0.6) is 5.75 Å². The lowest BCUT2D eigenvalue weighted by molar-refractivity contribution is -0.116. The fourth-order valence-corrected chi connectivity index (χ4v) is 4.29. The summed E-state index contributed by atoms with van der Waals surface area (Å²) < 4.78 is 41.7. The molecule has 1 fully saturated rings. The molecule has 0 radical (unpaired) electrons. The second-order valence-electron chi connectivity index (χ2n) is 8.78. The Morgan fingerprint density at radius 3 is 2.46 bits per heavy atom. The number of nitrogens with one attached hydrogen (secondary N) is 1. The highest BCUT2D eigenvalue weighted by Gasteiger charge is 2.21. The molecule has 6 nitrogen and oxygen atoms in total. The fraction of sp³-hybridized carbons (Fsp3) is 0.360. The zero-order chi connectivity index (χ0) is 25.0. The van der Waals surface area contributed by atoms with Gasteiger partial charge in [0, 0.05) is 43.7 Å². The number of amides is 1. The van der Waals surface area contributed by atoms with Gasteiger partial charge < -0.3 is 19.9 Å². The number of benzene rings is 2. The summed E-state index contributed by atoms with van der Waals surface area (Å²) in [5, 5.41) is 3.93. The molecule has 188 valence electrons. The minimum atomic E-state index is -5.19. The van der Waals surface area contributed by atoms with E-state index in [1.165, 1.54) is 12.1 Å². The summed E-state index contributed by atoms with van der Waals surface area (Å²) in [6, 6.07) is 14.2. The number of carbonyl (C=O) groups excluding carboxylic acids is 1. The Bertz CT molecular complexity index is 1180. The van der Waals surface area contributed by atoms with Crippen LogP contribution in [0.4, 0.5) is 23.2 Å². The molecule has 2 heterocycles. The van der Waals surface area contributed by atoms with E-state index in [2.05, 4.69) is 35.2 Å². The molecule has 0 saturated carbocycles. The first kappa shape index (κ1) is 25.1. The Balaban J connectivity index is 1.34. The van der Waals surface area contributed by atoms with Crippen LogP contribution in [0.1, 0.15) is 17.5 Å². The fourth-order valence-electron chi connectivity index (χ4n) is 4.02. The van der Waals surface area contributed by atoms with Crippen molar-refractivity contribution in [1.29, 1.82) is 0 Å². The van der Waals surface area contributed by atoms with Crippen LogP contribution in [0.15, 0.2) is 48.5 Å². The van der Waals surface area contributed by atoms with E-state index in [0.29, 0.717) is 12.1 Å². The molecule has 1 aromatic heterocycles. The van der Waals surface area contributed by atoms with Gasteiger partial charge >= 0.3 is 0 Å². The Morgan fingerprint density at radius 2 is 1.77 bits per heavy atom. The number of anilines is 2. The quantitative estimate of drug-likeness (QED) is 0.427. The van der Waals surface area contributed by atoms with Crippen molar-refractivity contribution in [2.75, 3.05) is 49.4 Å². The number of fused-ring (bicyclic) bond motifs is 1. The first-order valence-electron chi connectivity index (χ1n) is 11.4. The maximum absolute atomic E-state index is 12.5. The average Bonchev–Trinajstić information content (AvgIpc) is 2.82. The number of ether oxygens (including phenoxy) is 1. The van der Waals surface area contributed by atoms with Gasteiger partial charge in [-0.15, -0.1) is 11.7 Å². The zero-order valence-electron chi connectivity index (χ0n) is 19.8. The summed E-state index contributed by atoms with van der Waals surface area (Å²) >= 11 is -5.19. The van der Waals surface area contributed by atoms with E-state index in [-0.39, 0.29) is 18.1 Å². The van der Waals surface area contributed by atoms with E-state index >= 15 is 0 Å². The first-order valence-corrected chi connectivity index (χ1v) is 12.9. The standard InChI is InChI=1S/C25H29F3N4O2S/c1-18-15-24(32-13-11-31(2)12-14-32)30-23-9-6-20(16-22(18)23)29-25(33)10-5-19-3-7-21(8-4-19)34-17-35(26,27)28/h3-4,6-9,15-16H,5,10-14,17H2,1-2H3,(H,29,33). The lowest BCUT2D eigenvalue weighted by Gasteiger charge is -2.33. The molecule has 0 bridgehead atoms. The smallest absolute Gasteiger partial charge is 0.244 e. The summed E-state index contributed by atoms with van der Waals surface area (Å²) in [6.07, 6.45) is 0.726. The minimum Gasteiger partial charge on any atom is -0.477 e. The molecule has 2 aromatic carbocycles. The predicted molar refractivity (Wildman–Crippen MR) is 136 cm³/mol. The summed E-state index contributed by atoms with van der Waals surface area (Å²) in [6.45, 7) is 5.99. The number of halogens is 3. The van der Waals surface area contributed by atoms with Crippen LogP contribution in [0, 0.1) is 6.92 Å². The molecule has 3 aromatic rings. The Kier molecular flexibility index (Phi) is 7.71. The summed E-state index contributed by atoms with van der Waals surface area (Å²) in [5.74, 6) is -0.230. The molecule has 0 atom stereocenters. The largest absolute Gasteiger partial charge is 0.477 e. The van der Waals surface area contributed by atoms with E-state index in [1.807, 2.05) is 18.2 Å². The van der Waals surface area contributed by atoms with E-state index in [9.17, 15) is 16.5 Å². The highest BCUT2D eigenvalue weighted by molar-refractivity contribution is 8.20. The number of aryl methyl sites for hydroxylation is 2. The van der Waals surface area contributed by atoms with Gasteiger partial charge in [-0.3, -0.25) is 4.79 Å². The molecule has 1 aliphatic rings. The number of hydrogen-bond acceptors (Lipinski definition) is 5. The summed E-state index contributed by atoms with van der Waals surface area (Å²) in [7, 11) is 2.13. The number of likely N-dealkylation sites (N-methyl/N-ethyl adjacent to an activating group) is 1. The average molecular weight is 507 g/mol. The van der Waals surface area contributed by atoms with Gasteiger partial charge in [-0.05, 0) is 67.9 Å². The number of pyridine rings is 1. The van der Waals surface area contributed by atoms with Gasteiger partial charge in [0.2, 0.25) is 17.1 Å².